The smallest absolute Gasteiger partial charge is 0.316 e. The molecule has 0 aromatic heterocycles. The van der Waals surface area contributed by atoms with Crippen molar-refractivity contribution in [3.8, 4) is 0 Å². The van der Waals surface area contributed by atoms with Crippen LogP contribution in [0, 0.1) is 5.82 Å². The molecule has 4 N–H and O–H groups in total. The molecule has 0 bridgehead atoms. The molecule has 6 heteroatoms. The van der Waals surface area contributed by atoms with Crippen LogP contribution in [0.3, 0.4) is 0 Å². The molecule has 0 aliphatic rings. The number of hydrogen-bond acceptors (Lipinski definition) is 2. The van der Waals surface area contributed by atoms with E-state index < -0.39 is 6.03 Å². The number of nitrogens with one attached hydrogen (secondary N) is 2. The number of primary amides is 1. The topological polar surface area (TPSA) is 67.2 Å². The second-order valence-corrected chi connectivity index (χ2v) is 5.04. The van der Waals surface area contributed by atoms with Crippen LogP contribution in [-0.2, 0) is 0 Å². The highest BCUT2D eigenvalue weighted by molar-refractivity contribution is 6.30. The Kier molecular flexibility index (Phi) is 4.65. The summed E-state index contributed by atoms with van der Waals surface area (Å²) in [6, 6.07) is 10.7. The van der Waals surface area contributed by atoms with E-state index >= 15 is 0 Å². The van der Waals surface area contributed by atoms with Crippen molar-refractivity contribution in [1.29, 1.82) is 0 Å². The molecule has 0 saturated heterocycles. The van der Waals surface area contributed by atoms with Crippen molar-refractivity contribution in [3.05, 3.63) is 58.9 Å². The number of carbonyl (C=O) groups excluding carboxylic acids is 1. The first-order valence-electron chi connectivity index (χ1n) is 6.33. The molecule has 0 spiro atoms. The zero-order chi connectivity index (χ0) is 15.4. The maximum absolute atomic E-state index is 13.7. The minimum Gasteiger partial charge on any atom is -0.376 e. The summed E-state index contributed by atoms with van der Waals surface area (Å²) in [6.07, 6.45) is 0. The Morgan fingerprint density at radius 2 is 1.90 bits per heavy atom. The molecule has 0 aliphatic carbocycles. The number of hydrogen-bond donors (Lipinski definition) is 3. The number of nitrogens with two attached hydrogens (primary N) is 1. The summed E-state index contributed by atoms with van der Waals surface area (Å²) >= 11 is 5.86. The van der Waals surface area contributed by atoms with Crippen LogP contribution >= 0.6 is 11.6 Å². The van der Waals surface area contributed by atoms with Gasteiger partial charge in [-0.3, -0.25) is 0 Å². The molecule has 21 heavy (non-hydrogen) atoms. The molecule has 1 atom stereocenters. The van der Waals surface area contributed by atoms with Crippen molar-refractivity contribution in [2.75, 3.05) is 10.6 Å². The second kappa shape index (κ2) is 6.45. The molecule has 110 valence electrons. The first-order chi connectivity index (χ1) is 9.95. The number of carbonyl (C=O) groups is 1. The molecular weight excluding hydrogens is 293 g/mol. The highest BCUT2D eigenvalue weighted by Gasteiger charge is 2.09. The molecule has 0 radical (unpaired) electrons. The van der Waals surface area contributed by atoms with E-state index in [1.54, 1.807) is 12.1 Å². The maximum atomic E-state index is 13.7. The molecule has 0 saturated carbocycles. The van der Waals surface area contributed by atoms with E-state index in [0.29, 0.717) is 16.4 Å². The Balaban J connectivity index is 2.11. The fourth-order valence-electron chi connectivity index (χ4n) is 1.92. The summed E-state index contributed by atoms with van der Waals surface area (Å²) in [5.74, 6) is -0.363. The monoisotopic (exact) mass is 307 g/mol. The third-order valence-electron chi connectivity index (χ3n) is 2.98. The van der Waals surface area contributed by atoms with E-state index in [0.717, 1.165) is 5.56 Å². The molecule has 2 aromatic rings. The summed E-state index contributed by atoms with van der Waals surface area (Å²) in [4.78, 5) is 10.7. The predicted molar refractivity (Wildman–Crippen MR) is 83.1 cm³/mol. The van der Waals surface area contributed by atoms with Gasteiger partial charge in [-0.25, -0.2) is 9.18 Å². The van der Waals surface area contributed by atoms with Gasteiger partial charge in [-0.2, -0.15) is 0 Å². The zero-order valence-electron chi connectivity index (χ0n) is 11.4. The largest absolute Gasteiger partial charge is 0.376 e. The first kappa shape index (κ1) is 15.1. The molecule has 0 heterocycles. The summed E-state index contributed by atoms with van der Waals surface area (Å²) in [5, 5.41) is 6.00. The Labute approximate surface area is 127 Å². The summed E-state index contributed by atoms with van der Waals surface area (Å²) in [5.41, 5.74) is 6.92. The van der Waals surface area contributed by atoms with Crippen molar-refractivity contribution in [3.63, 3.8) is 0 Å². The number of anilines is 2. The fraction of sp³-hybridized carbons (Fsp3) is 0.133. The van der Waals surface area contributed by atoms with E-state index in [-0.39, 0.29) is 11.9 Å². The Bertz CT molecular complexity index is 646. The number of amides is 2. The SMILES string of the molecule is CC(Nc1cc(Cl)ccc1F)c1ccc(NC(N)=O)cc1. The lowest BCUT2D eigenvalue weighted by Crippen LogP contribution is -2.19. The van der Waals surface area contributed by atoms with E-state index in [2.05, 4.69) is 10.6 Å². The average molecular weight is 308 g/mol. The number of benzene rings is 2. The average Bonchev–Trinajstić information content (AvgIpc) is 2.43. The Morgan fingerprint density at radius 3 is 2.52 bits per heavy atom. The van der Waals surface area contributed by atoms with Gasteiger partial charge in [-0.15, -0.1) is 0 Å². The highest BCUT2D eigenvalue weighted by atomic mass is 35.5. The van der Waals surface area contributed by atoms with Gasteiger partial charge in [0.25, 0.3) is 0 Å². The van der Waals surface area contributed by atoms with Gasteiger partial charge in [-0.05, 0) is 42.8 Å². The van der Waals surface area contributed by atoms with Crippen LogP contribution in [-0.4, -0.2) is 6.03 Å². The lowest BCUT2D eigenvalue weighted by atomic mass is 10.1. The van der Waals surface area contributed by atoms with Crippen LogP contribution in [0.4, 0.5) is 20.6 Å². The van der Waals surface area contributed by atoms with E-state index in [9.17, 15) is 9.18 Å². The summed E-state index contributed by atoms with van der Waals surface area (Å²) < 4.78 is 13.7. The maximum Gasteiger partial charge on any atom is 0.316 e. The zero-order valence-corrected chi connectivity index (χ0v) is 12.1. The number of rotatable bonds is 4. The third-order valence-corrected chi connectivity index (χ3v) is 3.21. The van der Waals surface area contributed by atoms with E-state index in [1.165, 1.54) is 18.2 Å². The van der Waals surface area contributed by atoms with Gasteiger partial charge in [0.2, 0.25) is 0 Å². The van der Waals surface area contributed by atoms with Gasteiger partial charge < -0.3 is 16.4 Å². The minimum atomic E-state index is -0.616. The molecule has 2 aromatic carbocycles. The van der Waals surface area contributed by atoms with Crippen LogP contribution in [0.2, 0.25) is 5.02 Å². The van der Waals surface area contributed by atoms with Gasteiger partial charge in [0, 0.05) is 16.8 Å². The predicted octanol–water partition coefficient (Wildman–Crippen LogP) is 4.14. The Hall–Kier alpha value is -2.27. The van der Waals surface area contributed by atoms with Gasteiger partial charge in [0.1, 0.15) is 5.82 Å². The molecule has 0 aliphatic heterocycles. The van der Waals surface area contributed by atoms with Crippen LogP contribution in [0.15, 0.2) is 42.5 Å². The highest BCUT2D eigenvalue weighted by Crippen LogP contribution is 2.25. The first-order valence-corrected chi connectivity index (χ1v) is 6.71. The molecule has 2 amide bonds. The molecule has 4 nitrogen and oxygen atoms in total. The third kappa shape index (κ3) is 4.10. The molecule has 1 unspecified atom stereocenters. The van der Waals surface area contributed by atoms with Crippen molar-refractivity contribution in [2.45, 2.75) is 13.0 Å². The standard InChI is InChI=1S/C15H15ClFN3O/c1-9(19-14-8-11(16)4-7-13(14)17)10-2-5-12(6-3-10)20-15(18)21/h2-9,19H,1H3,(H3,18,20,21). The normalized spacial score (nSPS) is 11.8. The van der Waals surface area contributed by atoms with Crippen molar-refractivity contribution < 1.29 is 9.18 Å². The van der Waals surface area contributed by atoms with Gasteiger partial charge >= 0.3 is 6.03 Å². The van der Waals surface area contributed by atoms with Crippen LogP contribution in [0.25, 0.3) is 0 Å². The van der Waals surface area contributed by atoms with Crippen LogP contribution < -0.4 is 16.4 Å². The van der Waals surface area contributed by atoms with Crippen LogP contribution in [0.1, 0.15) is 18.5 Å². The molecular formula is C15H15ClFN3O. The summed E-state index contributed by atoms with van der Waals surface area (Å²) in [6.45, 7) is 1.90. The van der Waals surface area contributed by atoms with Crippen LogP contribution in [0.5, 0.6) is 0 Å². The summed E-state index contributed by atoms with van der Waals surface area (Å²) in [7, 11) is 0. The molecule has 2 rings (SSSR count). The Morgan fingerprint density at radius 1 is 1.24 bits per heavy atom. The van der Waals surface area contributed by atoms with Gasteiger partial charge in [0.05, 0.1) is 5.69 Å². The lowest BCUT2D eigenvalue weighted by molar-refractivity contribution is 0.259. The van der Waals surface area contributed by atoms with Crippen molar-refractivity contribution in [2.24, 2.45) is 5.73 Å². The fourth-order valence-corrected chi connectivity index (χ4v) is 2.09. The van der Waals surface area contributed by atoms with Crippen molar-refractivity contribution >= 4 is 29.0 Å². The quantitative estimate of drug-likeness (QED) is 0.794. The minimum absolute atomic E-state index is 0.124. The van der Waals surface area contributed by atoms with Gasteiger partial charge in [-0.1, -0.05) is 23.7 Å². The second-order valence-electron chi connectivity index (χ2n) is 4.60. The van der Waals surface area contributed by atoms with E-state index in [1.807, 2.05) is 19.1 Å². The molecule has 0 fully saturated rings. The lowest BCUT2D eigenvalue weighted by Gasteiger charge is -2.17. The van der Waals surface area contributed by atoms with E-state index in [4.69, 9.17) is 17.3 Å². The van der Waals surface area contributed by atoms with Gasteiger partial charge in [0.15, 0.2) is 0 Å². The van der Waals surface area contributed by atoms with Crippen molar-refractivity contribution in [1.82, 2.24) is 0 Å². The number of urea groups is 1. The number of halogens is 2.